The minimum absolute atomic E-state index is 0.0721. The van der Waals surface area contributed by atoms with Gasteiger partial charge in [0.05, 0.1) is 0 Å². The zero-order valence-corrected chi connectivity index (χ0v) is 9.46. The van der Waals surface area contributed by atoms with Gasteiger partial charge < -0.3 is 15.3 Å². The predicted molar refractivity (Wildman–Crippen MR) is 55.9 cm³/mol. The Balaban J connectivity index is 2.09. The van der Waals surface area contributed by atoms with Gasteiger partial charge in [-0.1, -0.05) is 0 Å². The molecule has 17 heavy (non-hydrogen) atoms. The first-order valence-corrected chi connectivity index (χ1v) is 5.66. The van der Waals surface area contributed by atoms with E-state index in [9.17, 15) is 18.0 Å². The summed E-state index contributed by atoms with van der Waals surface area (Å²) in [6.07, 6.45) is -4.39. The van der Waals surface area contributed by atoms with Crippen LogP contribution in [-0.2, 0) is 0 Å². The van der Waals surface area contributed by atoms with Gasteiger partial charge in [-0.05, 0) is 25.8 Å². The Morgan fingerprint density at radius 2 is 1.94 bits per heavy atom. The van der Waals surface area contributed by atoms with Crippen LogP contribution in [0.1, 0.15) is 25.7 Å². The van der Waals surface area contributed by atoms with Gasteiger partial charge in [0, 0.05) is 25.6 Å². The fourth-order valence-corrected chi connectivity index (χ4v) is 1.87. The fourth-order valence-electron chi connectivity index (χ4n) is 1.87. The highest BCUT2D eigenvalue weighted by Crippen LogP contribution is 2.21. The van der Waals surface area contributed by atoms with E-state index in [4.69, 9.17) is 5.11 Å². The van der Waals surface area contributed by atoms with Gasteiger partial charge in [-0.15, -0.1) is 0 Å². The molecule has 0 aromatic carbocycles. The Labute approximate surface area is 97.8 Å². The lowest BCUT2D eigenvalue weighted by molar-refractivity contribution is -0.135. The molecule has 1 heterocycles. The number of carbonyl (C=O) groups is 1. The molecule has 7 heteroatoms. The summed E-state index contributed by atoms with van der Waals surface area (Å²) in [5.41, 5.74) is 0. The molecule has 0 spiro atoms. The van der Waals surface area contributed by atoms with Crippen LogP contribution < -0.4 is 5.32 Å². The van der Waals surface area contributed by atoms with Crippen LogP contribution in [0.3, 0.4) is 0 Å². The largest absolute Gasteiger partial charge is 0.465 e. The molecule has 0 bridgehead atoms. The molecular weight excluding hydrogens is 237 g/mol. The number of alkyl halides is 3. The van der Waals surface area contributed by atoms with Crippen molar-refractivity contribution in [2.24, 2.45) is 0 Å². The highest BCUT2D eigenvalue weighted by Gasteiger charge is 2.26. The molecule has 0 atom stereocenters. The smallest absolute Gasteiger partial charge is 0.407 e. The van der Waals surface area contributed by atoms with Crippen LogP contribution in [0.15, 0.2) is 0 Å². The molecule has 4 nitrogen and oxygen atoms in total. The van der Waals surface area contributed by atoms with E-state index in [2.05, 4.69) is 5.32 Å². The summed E-state index contributed by atoms with van der Waals surface area (Å²) < 4.78 is 35.6. The molecule has 1 rings (SSSR count). The van der Waals surface area contributed by atoms with Crippen molar-refractivity contribution in [2.75, 3.05) is 19.6 Å². The molecule has 1 amide bonds. The zero-order chi connectivity index (χ0) is 12.9. The van der Waals surface area contributed by atoms with Gasteiger partial charge in [0.1, 0.15) is 0 Å². The lowest BCUT2D eigenvalue weighted by Crippen LogP contribution is -2.44. The number of carboxylic acid groups (broad SMARTS) is 1. The SMILES string of the molecule is O=C(O)N1CCC(NCCCC(F)(F)F)CC1. The summed E-state index contributed by atoms with van der Waals surface area (Å²) in [5, 5.41) is 11.7. The predicted octanol–water partition coefficient (Wildman–Crippen LogP) is 2.06. The van der Waals surface area contributed by atoms with Crippen LogP contribution in [0.25, 0.3) is 0 Å². The Morgan fingerprint density at radius 1 is 1.35 bits per heavy atom. The first kappa shape index (κ1) is 14.1. The van der Waals surface area contributed by atoms with E-state index in [0.29, 0.717) is 32.5 Å². The second-order valence-corrected chi connectivity index (χ2v) is 4.22. The maximum Gasteiger partial charge on any atom is 0.407 e. The minimum atomic E-state index is -4.09. The highest BCUT2D eigenvalue weighted by atomic mass is 19.4. The summed E-state index contributed by atoms with van der Waals surface area (Å²) in [5.74, 6) is 0. The number of rotatable bonds is 4. The Hall–Kier alpha value is -0.980. The molecule has 0 aromatic rings. The van der Waals surface area contributed by atoms with Crippen LogP contribution in [-0.4, -0.2) is 48.0 Å². The summed E-state index contributed by atoms with van der Waals surface area (Å²) in [6.45, 7) is 1.23. The van der Waals surface area contributed by atoms with Gasteiger partial charge in [0.25, 0.3) is 0 Å². The maximum atomic E-state index is 11.9. The normalized spacial score (nSPS) is 18.4. The lowest BCUT2D eigenvalue weighted by Gasteiger charge is -2.30. The summed E-state index contributed by atoms with van der Waals surface area (Å²) >= 11 is 0. The number of nitrogens with zero attached hydrogens (tertiary/aromatic N) is 1. The Morgan fingerprint density at radius 3 is 2.41 bits per heavy atom. The number of nitrogens with one attached hydrogen (secondary N) is 1. The molecule has 100 valence electrons. The Kier molecular flexibility index (Phi) is 5.04. The van der Waals surface area contributed by atoms with Crippen LogP contribution in [0.4, 0.5) is 18.0 Å². The number of piperidine rings is 1. The molecule has 0 radical (unpaired) electrons. The molecule has 1 aliphatic rings. The van der Waals surface area contributed by atoms with Gasteiger partial charge in [0.2, 0.25) is 0 Å². The second-order valence-electron chi connectivity index (χ2n) is 4.22. The van der Waals surface area contributed by atoms with Crippen molar-refractivity contribution in [2.45, 2.75) is 37.9 Å². The molecule has 1 aliphatic heterocycles. The topological polar surface area (TPSA) is 52.6 Å². The van der Waals surface area contributed by atoms with Crippen molar-refractivity contribution in [3.05, 3.63) is 0 Å². The monoisotopic (exact) mass is 254 g/mol. The average molecular weight is 254 g/mol. The van der Waals surface area contributed by atoms with Crippen LogP contribution in [0, 0.1) is 0 Å². The van der Waals surface area contributed by atoms with E-state index in [-0.39, 0.29) is 12.5 Å². The molecule has 2 N–H and O–H groups in total. The van der Waals surface area contributed by atoms with Gasteiger partial charge in [-0.25, -0.2) is 4.79 Å². The van der Waals surface area contributed by atoms with E-state index >= 15 is 0 Å². The van der Waals surface area contributed by atoms with E-state index in [1.54, 1.807) is 0 Å². The van der Waals surface area contributed by atoms with E-state index in [0.717, 1.165) is 0 Å². The molecule has 0 aliphatic carbocycles. The quantitative estimate of drug-likeness (QED) is 0.755. The molecule has 0 saturated carbocycles. The first-order chi connectivity index (χ1) is 7.88. The molecule has 1 fully saturated rings. The highest BCUT2D eigenvalue weighted by molar-refractivity contribution is 5.65. The number of hydrogen-bond acceptors (Lipinski definition) is 2. The molecule has 1 saturated heterocycles. The summed E-state index contributed by atoms with van der Waals surface area (Å²) in [4.78, 5) is 11.9. The van der Waals surface area contributed by atoms with E-state index in [1.807, 2.05) is 0 Å². The minimum Gasteiger partial charge on any atom is -0.465 e. The molecular formula is C10H17F3N2O2. The summed E-state index contributed by atoms with van der Waals surface area (Å²) in [6, 6.07) is 0.138. The number of amides is 1. The zero-order valence-electron chi connectivity index (χ0n) is 9.46. The van der Waals surface area contributed by atoms with Crippen molar-refractivity contribution in [1.29, 1.82) is 0 Å². The third-order valence-corrected chi connectivity index (χ3v) is 2.84. The Bertz CT molecular complexity index is 250. The van der Waals surface area contributed by atoms with Crippen molar-refractivity contribution < 1.29 is 23.1 Å². The number of halogens is 3. The van der Waals surface area contributed by atoms with Crippen molar-refractivity contribution in [3.63, 3.8) is 0 Å². The lowest BCUT2D eigenvalue weighted by atomic mass is 10.1. The van der Waals surface area contributed by atoms with Crippen molar-refractivity contribution >= 4 is 6.09 Å². The van der Waals surface area contributed by atoms with E-state index < -0.39 is 18.7 Å². The van der Waals surface area contributed by atoms with Crippen molar-refractivity contribution in [3.8, 4) is 0 Å². The van der Waals surface area contributed by atoms with Crippen LogP contribution >= 0.6 is 0 Å². The van der Waals surface area contributed by atoms with Crippen molar-refractivity contribution in [1.82, 2.24) is 10.2 Å². The fraction of sp³-hybridized carbons (Fsp3) is 0.900. The number of hydrogen-bond donors (Lipinski definition) is 2. The maximum absolute atomic E-state index is 11.9. The average Bonchev–Trinajstić information content (AvgIpc) is 2.24. The van der Waals surface area contributed by atoms with Gasteiger partial charge >= 0.3 is 12.3 Å². The van der Waals surface area contributed by atoms with Gasteiger partial charge in [-0.3, -0.25) is 0 Å². The molecule has 0 unspecified atom stereocenters. The third kappa shape index (κ3) is 5.76. The third-order valence-electron chi connectivity index (χ3n) is 2.84. The van der Waals surface area contributed by atoms with E-state index in [1.165, 1.54) is 4.90 Å². The molecule has 0 aromatic heterocycles. The number of likely N-dealkylation sites (tertiary alicyclic amines) is 1. The van der Waals surface area contributed by atoms with Crippen LogP contribution in [0.5, 0.6) is 0 Å². The first-order valence-electron chi connectivity index (χ1n) is 5.66. The van der Waals surface area contributed by atoms with Gasteiger partial charge in [-0.2, -0.15) is 13.2 Å². The van der Waals surface area contributed by atoms with Gasteiger partial charge in [0.15, 0.2) is 0 Å². The standard InChI is InChI=1S/C10H17F3N2O2/c11-10(12,13)4-1-5-14-8-2-6-15(7-3-8)9(16)17/h8,14H,1-7H2,(H,16,17). The van der Waals surface area contributed by atoms with Crippen LogP contribution in [0.2, 0.25) is 0 Å². The second kappa shape index (κ2) is 6.09. The summed E-state index contributed by atoms with van der Waals surface area (Å²) in [7, 11) is 0.